The summed E-state index contributed by atoms with van der Waals surface area (Å²) in [5, 5.41) is 14.3. The fourth-order valence-electron chi connectivity index (χ4n) is 1.69. The molecule has 1 heterocycles. The number of para-hydroxylation sites is 1. The zero-order chi connectivity index (χ0) is 11.5. The van der Waals surface area contributed by atoms with Gasteiger partial charge in [0, 0.05) is 30.9 Å². The second-order valence-corrected chi connectivity index (χ2v) is 3.83. The van der Waals surface area contributed by atoms with Crippen LogP contribution in [0.1, 0.15) is 17.4 Å². The van der Waals surface area contributed by atoms with Crippen molar-refractivity contribution in [1.29, 1.82) is 0 Å². The van der Waals surface area contributed by atoms with E-state index < -0.39 is 6.10 Å². The molecule has 2 rings (SSSR count). The average Bonchev–Trinajstić information content (AvgIpc) is 2.64. The molecular weight excluding hydrogens is 202 g/mol. The highest BCUT2D eigenvalue weighted by atomic mass is 16.3. The summed E-state index contributed by atoms with van der Waals surface area (Å²) >= 11 is 0. The number of aryl methyl sites for hydroxylation is 1. The van der Waals surface area contributed by atoms with Crippen LogP contribution in [-0.4, -0.2) is 14.9 Å². The Morgan fingerprint density at radius 2 is 2.12 bits per heavy atom. The number of aliphatic hydroxyl groups is 1. The molecule has 0 bridgehead atoms. The fourth-order valence-corrected chi connectivity index (χ4v) is 1.69. The lowest BCUT2D eigenvalue weighted by molar-refractivity contribution is 0.178. The second kappa shape index (κ2) is 4.37. The Bertz CT molecular complexity index is 479. The fraction of sp³-hybridized carbons (Fsp3) is 0.250. The highest BCUT2D eigenvalue weighted by Crippen LogP contribution is 2.22. The maximum absolute atomic E-state index is 10.0. The molecule has 16 heavy (non-hydrogen) atoms. The Kier molecular flexibility index (Phi) is 2.92. The first-order chi connectivity index (χ1) is 7.66. The van der Waals surface area contributed by atoms with Crippen LogP contribution in [0.15, 0.2) is 36.5 Å². The van der Waals surface area contributed by atoms with Gasteiger partial charge >= 0.3 is 0 Å². The lowest BCUT2D eigenvalue weighted by atomic mass is 10.0. The van der Waals surface area contributed by atoms with Crippen LogP contribution >= 0.6 is 0 Å². The van der Waals surface area contributed by atoms with E-state index in [2.05, 4.69) is 5.10 Å². The number of benzene rings is 1. The molecule has 0 aliphatic carbocycles. The molecule has 4 heteroatoms. The van der Waals surface area contributed by atoms with Crippen molar-refractivity contribution in [3.8, 4) is 0 Å². The number of hydrogen-bond acceptors (Lipinski definition) is 3. The smallest absolute Gasteiger partial charge is 0.0865 e. The van der Waals surface area contributed by atoms with Crippen LogP contribution in [0.3, 0.4) is 0 Å². The molecular formula is C12H15N3O. The van der Waals surface area contributed by atoms with Crippen molar-refractivity contribution in [2.24, 2.45) is 7.05 Å². The number of rotatable bonds is 3. The van der Waals surface area contributed by atoms with Gasteiger partial charge in [-0.05, 0) is 12.1 Å². The van der Waals surface area contributed by atoms with Gasteiger partial charge in [0.1, 0.15) is 0 Å². The van der Waals surface area contributed by atoms with E-state index in [1.165, 1.54) is 0 Å². The summed E-state index contributed by atoms with van der Waals surface area (Å²) in [6, 6.07) is 9.24. The molecule has 0 spiro atoms. The van der Waals surface area contributed by atoms with E-state index in [1.807, 2.05) is 37.5 Å². The summed E-state index contributed by atoms with van der Waals surface area (Å²) < 4.78 is 1.72. The zero-order valence-corrected chi connectivity index (χ0v) is 9.17. The first-order valence-corrected chi connectivity index (χ1v) is 5.18. The molecule has 0 aliphatic heterocycles. The van der Waals surface area contributed by atoms with Crippen LogP contribution in [0.4, 0.5) is 5.69 Å². The molecule has 1 aromatic carbocycles. The quantitative estimate of drug-likeness (QED) is 0.761. The molecule has 0 aliphatic rings. The van der Waals surface area contributed by atoms with Crippen molar-refractivity contribution in [1.82, 2.24) is 9.78 Å². The van der Waals surface area contributed by atoms with Gasteiger partial charge in [0.05, 0.1) is 11.8 Å². The average molecular weight is 217 g/mol. The standard InChI is InChI=1S/C12H15N3O/c1-15-7-6-9(14-15)8-12(16)10-4-2-3-5-11(10)13/h2-7,12,16H,8,13H2,1H3. The Morgan fingerprint density at radius 3 is 2.75 bits per heavy atom. The van der Waals surface area contributed by atoms with Gasteiger partial charge in [0.25, 0.3) is 0 Å². The van der Waals surface area contributed by atoms with Crippen LogP contribution in [-0.2, 0) is 13.5 Å². The molecule has 2 aromatic rings. The summed E-state index contributed by atoms with van der Waals surface area (Å²) in [4.78, 5) is 0. The van der Waals surface area contributed by atoms with Gasteiger partial charge < -0.3 is 10.8 Å². The third kappa shape index (κ3) is 2.23. The Morgan fingerprint density at radius 1 is 1.38 bits per heavy atom. The number of nitrogens with zero attached hydrogens (tertiary/aromatic N) is 2. The Balaban J connectivity index is 2.14. The van der Waals surface area contributed by atoms with Crippen LogP contribution < -0.4 is 5.73 Å². The third-order valence-corrected chi connectivity index (χ3v) is 2.53. The highest BCUT2D eigenvalue weighted by Gasteiger charge is 2.12. The van der Waals surface area contributed by atoms with E-state index in [-0.39, 0.29) is 0 Å². The van der Waals surface area contributed by atoms with Gasteiger partial charge in [-0.15, -0.1) is 0 Å². The zero-order valence-electron chi connectivity index (χ0n) is 9.17. The van der Waals surface area contributed by atoms with E-state index in [0.717, 1.165) is 11.3 Å². The molecule has 0 amide bonds. The van der Waals surface area contributed by atoms with Gasteiger partial charge in [-0.2, -0.15) is 5.10 Å². The topological polar surface area (TPSA) is 64.1 Å². The summed E-state index contributed by atoms with van der Waals surface area (Å²) in [5.41, 5.74) is 8.03. The first-order valence-electron chi connectivity index (χ1n) is 5.18. The minimum atomic E-state index is -0.601. The maximum Gasteiger partial charge on any atom is 0.0865 e. The number of nitrogen functional groups attached to an aromatic ring is 1. The minimum Gasteiger partial charge on any atom is -0.398 e. The molecule has 3 N–H and O–H groups in total. The van der Waals surface area contributed by atoms with Crippen molar-refractivity contribution in [2.75, 3.05) is 5.73 Å². The molecule has 84 valence electrons. The predicted octanol–water partition coefficient (Wildman–Crippen LogP) is 1.28. The molecule has 1 atom stereocenters. The molecule has 0 radical (unpaired) electrons. The SMILES string of the molecule is Cn1ccc(CC(O)c2ccccc2N)n1. The van der Waals surface area contributed by atoms with Crippen molar-refractivity contribution in [3.05, 3.63) is 47.8 Å². The normalized spacial score (nSPS) is 12.6. The highest BCUT2D eigenvalue weighted by molar-refractivity contribution is 5.47. The number of anilines is 1. The number of hydrogen-bond donors (Lipinski definition) is 2. The molecule has 0 fully saturated rings. The number of aromatic nitrogens is 2. The van der Waals surface area contributed by atoms with Crippen LogP contribution in [0, 0.1) is 0 Å². The Hall–Kier alpha value is -1.81. The summed E-state index contributed by atoms with van der Waals surface area (Å²) in [5.74, 6) is 0. The van der Waals surface area contributed by atoms with Crippen molar-refractivity contribution < 1.29 is 5.11 Å². The summed E-state index contributed by atoms with van der Waals surface area (Å²) in [7, 11) is 1.85. The van der Waals surface area contributed by atoms with Gasteiger partial charge in [-0.1, -0.05) is 18.2 Å². The van der Waals surface area contributed by atoms with Crippen molar-refractivity contribution in [2.45, 2.75) is 12.5 Å². The van der Waals surface area contributed by atoms with E-state index >= 15 is 0 Å². The van der Waals surface area contributed by atoms with Gasteiger partial charge in [0.15, 0.2) is 0 Å². The van der Waals surface area contributed by atoms with Crippen molar-refractivity contribution in [3.63, 3.8) is 0 Å². The minimum absolute atomic E-state index is 0.481. The lowest BCUT2D eigenvalue weighted by Crippen LogP contribution is -2.05. The van der Waals surface area contributed by atoms with Gasteiger partial charge in [-0.25, -0.2) is 0 Å². The Labute approximate surface area is 94.3 Å². The monoisotopic (exact) mass is 217 g/mol. The van der Waals surface area contributed by atoms with Gasteiger partial charge in [0.2, 0.25) is 0 Å². The van der Waals surface area contributed by atoms with Crippen molar-refractivity contribution >= 4 is 5.69 Å². The van der Waals surface area contributed by atoms with Crippen LogP contribution in [0.2, 0.25) is 0 Å². The third-order valence-electron chi connectivity index (χ3n) is 2.53. The maximum atomic E-state index is 10.0. The summed E-state index contributed by atoms with van der Waals surface area (Å²) in [6.45, 7) is 0. The molecule has 0 saturated heterocycles. The summed E-state index contributed by atoms with van der Waals surface area (Å²) in [6.07, 6.45) is 1.74. The van der Waals surface area contributed by atoms with E-state index in [9.17, 15) is 5.11 Å². The first kappa shape index (κ1) is 10.7. The second-order valence-electron chi connectivity index (χ2n) is 3.83. The lowest BCUT2D eigenvalue weighted by Gasteiger charge is -2.11. The largest absolute Gasteiger partial charge is 0.398 e. The molecule has 4 nitrogen and oxygen atoms in total. The molecule has 1 unspecified atom stereocenters. The number of aliphatic hydroxyl groups excluding tert-OH is 1. The predicted molar refractivity (Wildman–Crippen MR) is 62.7 cm³/mol. The van der Waals surface area contributed by atoms with E-state index in [4.69, 9.17) is 5.73 Å². The van der Waals surface area contributed by atoms with E-state index in [0.29, 0.717) is 12.1 Å². The van der Waals surface area contributed by atoms with Crippen LogP contribution in [0.25, 0.3) is 0 Å². The van der Waals surface area contributed by atoms with E-state index in [1.54, 1.807) is 10.7 Å². The van der Waals surface area contributed by atoms with Crippen LogP contribution in [0.5, 0.6) is 0 Å². The van der Waals surface area contributed by atoms with Gasteiger partial charge in [-0.3, -0.25) is 4.68 Å². The number of nitrogens with two attached hydrogens (primary N) is 1. The molecule has 0 saturated carbocycles. The molecule has 1 aromatic heterocycles.